The van der Waals surface area contributed by atoms with Crippen molar-refractivity contribution in [2.75, 3.05) is 32.8 Å². The van der Waals surface area contributed by atoms with Crippen molar-refractivity contribution in [3.63, 3.8) is 0 Å². The van der Waals surface area contributed by atoms with Gasteiger partial charge in [0.05, 0.1) is 12.7 Å². The van der Waals surface area contributed by atoms with Crippen molar-refractivity contribution in [3.8, 4) is 0 Å². The molecule has 2 amide bonds. The molecule has 0 spiro atoms. The highest BCUT2D eigenvalue weighted by Crippen LogP contribution is 2.14. The van der Waals surface area contributed by atoms with Crippen molar-refractivity contribution >= 4 is 11.8 Å². The summed E-state index contributed by atoms with van der Waals surface area (Å²) < 4.78 is 5.12. The number of piperazine rings is 1. The molecule has 0 saturated carbocycles. The van der Waals surface area contributed by atoms with E-state index in [1.807, 2.05) is 0 Å². The molecule has 0 aliphatic carbocycles. The zero-order valence-electron chi connectivity index (χ0n) is 10.5. The predicted molar refractivity (Wildman–Crippen MR) is 66.5 cm³/mol. The molecule has 0 aromatic carbocycles. The van der Waals surface area contributed by atoms with E-state index in [1.54, 1.807) is 34.3 Å². The van der Waals surface area contributed by atoms with Crippen LogP contribution in [0.1, 0.15) is 10.4 Å². The second-order valence-corrected chi connectivity index (χ2v) is 4.76. The standard InChI is InChI=1S/C13H15N3O3/c17-12-8-16(6-5-15(12)7-11-9-19-11)13(18)10-1-3-14-4-2-10/h1-4,11H,5-9H2/t11-/m0/s1. The van der Waals surface area contributed by atoms with Crippen LogP contribution in [0.3, 0.4) is 0 Å². The number of pyridine rings is 1. The maximum absolute atomic E-state index is 12.2. The zero-order chi connectivity index (χ0) is 13.2. The van der Waals surface area contributed by atoms with E-state index in [4.69, 9.17) is 4.74 Å². The SMILES string of the molecule is O=C1CN(C(=O)c2ccncc2)CCN1C[C@H]1CO1. The van der Waals surface area contributed by atoms with Gasteiger partial charge in [-0.25, -0.2) is 0 Å². The Hall–Kier alpha value is -1.95. The molecule has 2 aliphatic heterocycles. The second-order valence-electron chi connectivity index (χ2n) is 4.76. The molecular weight excluding hydrogens is 246 g/mol. The van der Waals surface area contributed by atoms with Gasteiger partial charge in [-0.05, 0) is 12.1 Å². The summed E-state index contributed by atoms with van der Waals surface area (Å²) in [5.74, 6) is -0.123. The fraction of sp³-hybridized carbons (Fsp3) is 0.462. The number of hydrogen-bond acceptors (Lipinski definition) is 4. The third kappa shape index (κ3) is 2.73. The largest absolute Gasteiger partial charge is 0.371 e. The van der Waals surface area contributed by atoms with Gasteiger partial charge in [0.25, 0.3) is 5.91 Å². The van der Waals surface area contributed by atoms with Crippen molar-refractivity contribution < 1.29 is 14.3 Å². The van der Waals surface area contributed by atoms with Crippen LogP contribution in [0.2, 0.25) is 0 Å². The number of hydrogen-bond donors (Lipinski definition) is 0. The third-order valence-electron chi connectivity index (χ3n) is 3.36. The van der Waals surface area contributed by atoms with Gasteiger partial charge in [0.2, 0.25) is 5.91 Å². The van der Waals surface area contributed by atoms with Gasteiger partial charge in [0.1, 0.15) is 6.54 Å². The van der Waals surface area contributed by atoms with Crippen molar-refractivity contribution in [1.82, 2.24) is 14.8 Å². The Morgan fingerprint density at radius 3 is 2.74 bits per heavy atom. The van der Waals surface area contributed by atoms with Gasteiger partial charge < -0.3 is 14.5 Å². The molecule has 6 heteroatoms. The summed E-state index contributed by atoms with van der Waals surface area (Å²) in [7, 11) is 0. The van der Waals surface area contributed by atoms with E-state index in [-0.39, 0.29) is 24.5 Å². The van der Waals surface area contributed by atoms with E-state index < -0.39 is 0 Å². The van der Waals surface area contributed by atoms with Gasteiger partial charge in [0, 0.05) is 37.6 Å². The van der Waals surface area contributed by atoms with Crippen LogP contribution in [0.25, 0.3) is 0 Å². The van der Waals surface area contributed by atoms with Crippen molar-refractivity contribution in [2.24, 2.45) is 0 Å². The lowest BCUT2D eigenvalue weighted by molar-refractivity contribution is -0.135. The molecule has 1 aromatic rings. The molecule has 2 fully saturated rings. The van der Waals surface area contributed by atoms with Crippen LogP contribution in [0, 0.1) is 0 Å². The highest BCUT2D eigenvalue weighted by Gasteiger charge is 2.32. The predicted octanol–water partition coefficient (Wildman–Crippen LogP) is -0.235. The molecule has 1 atom stereocenters. The summed E-state index contributed by atoms with van der Waals surface area (Å²) in [6.45, 7) is 2.68. The molecule has 0 N–H and O–H groups in total. The Balaban J connectivity index is 1.61. The number of amides is 2. The van der Waals surface area contributed by atoms with E-state index in [9.17, 15) is 9.59 Å². The van der Waals surface area contributed by atoms with Gasteiger partial charge in [-0.3, -0.25) is 14.6 Å². The molecular formula is C13H15N3O3. The topological polar surface area (TPSA) is 66.0 Å². The van der Waals surface area contributed by atoms with E-state index in [0.717, 1.165) is 6.61 Å². The summed E-state index contributed by atoms with van der Waals surface area (Å²) >= 11 is 0. The van der Waals surface area contributed by atoms with E-state index in [0.29, 0.717) is 25.2 Å². The van der Waals surface area contributed by atoms with Crippen molar-refractivity contribution in [2.45, 2.75) is 6.10 Å². The maximum atomic E-state index is 12.2. The van der Waals surface area contributed by atoms with E-state index in [2.05, 4.69) is 4.98 Å². The minimum absolute atomic E-state index is 0.0100. The summed E-state index contributed by atoms with van der Waals surface area (Å²) in [5, 5.41) is 0. The molecule has 3 heterocycles. The number of carbonyl (C=O) groups excluding carboxylic acids is 2. The highest BCUT2D eigenvalue weighted by atomic mass is 16.6. The molecule has 0 bridgehead atoms. The number of nitrogens with zero attached hydrogens (tertiary/aromatic N) is 3. The molecule has 3 rings (SSSR count). The quantitative estimate of drug-likeness (QED) is 0.705. The lowest BCUT2D eigenvalue weighted by atomic mass is 10.2. The van der Waals surface area contributed by atoms with Crippen LogP contribution in [-0.2, 0) is 9.53 Å². The first-order chi connectivity index (χ1) is 9.24. The Labute approximate surface area is 111 Å². The van der Waals surface area contributed by atoms with Crippen LogP contribution in [-0.4, -0.2) is 65.5 Å². The average molecular weight is 261 g/mol. The second kappa shape index (κ2) is 4.97. The lowest BCUT2D eigenvalue weighted by Crippen LogP contribution is -2.53. The average Bonchev–Trinajstić information content (AvgIpc) is 3.25. The van der Waals surface area contributed by atoms with Crippen molar-refractivity contribution in [3.05, 3.63) is 30.1 Å². The Morgan fingerprint density at radius 2 is 2.11 bits per heavy atom. The van der Waals surface area contributed by atoms with E-state index in [1.165, 1.54) is 0 Å². The fourth-order valence-corrected chi connectivity index (χ4v) is 2.17. The fourth-order valence-electron chi connectivity index (χ4n) is 2.17. The van der Waals surface area contributed by atoms with Gasteiger partial charge in [-0.1, -0.05) is 0 Å². The third-order valence-corrected chi connectivity index (χ3v) is 3.36. The molecule has 1 aromatic heterocycles. The summed E-state index contributed by atoms with van der Waals surface area (Å²) in [5.41, 5.74) is 0.571. The molecule has 6 nitrogen and oxygen atoms in total. The van der Waals surface area contributed by atoms with Crippen LogP contribution >= 0.6 is 0 Å². The lowest BCUT2D eigenvalue weighted by Gasteiger charge is -2.34. The minimum atomic E-state index is -0.113. The first kappa shape index (κ1) is 12.1. The molecule has 100 valence electrons. The van der Waals surface area contributed by atoms with Gasteiger partial charge in [-0.2, -0.15) is 0 Å². The van der Waals surface area contributed by atoms with Gasteiger partial charge in [0.15, 0.2) is 0 Å². The number of aromatic nitrogens is 1. The van der Waals surface area contributed by atoms with Gasteiger partial charge >= 0.3 is 0 Å². The number of ether oxygens (including phenoxy) is 1. The summed E-state index contributed by atoms with van der Waals surface area (Å²) in [4.78, 5) is 31.4. The normalized spacial score (nSPS) is 22.5. The first-order valence-electron chi connectivity index (χ1n) is 6.33. The number of carbonyl (C=O) groups is 2. The van der Waals surface area contributed by atoms with E-state index >= 15 is 0 Å². The van der Waals surface area contributed by atoms with Gasteiger partial charge in [-0.15, -0.1) is 0 Å². The molecule has 19 heavy (non-hydrogen) atoms. The van der Waals surface area contributed by atoms with Crippen LogP contribution < -0.4 is 0 Å². The summed E-state index contributed by atoms with van der Waals surface area (Å²) in [6.07, 6.45) is 3.36. The number of rotatable bonds is 3. The van der Waals surface area contributed by atoms with Crippen molar-refractivity contribution in [1.29, 1.82) is 0 Å². The highest BCUT2D eigenvalue weighted by molar-refractivity contribution is 5.96. The Kier molecular flexibility index (Phi) is 3.16. The molecule has 2 aliphatic rings. The zero-order valence-corrected chi connectivity index (χ0v) is 10.5. The molecule has 2 saturated heterocycles. The summed E-state index contributed by atoms with van der Waals surface area (Å²) in [6, 6.07) is 3.33. The Morgan fingerprint density at radius 1 is 1.37 bits per heavy atom. The smallest absolute Gasteiger partial charge is 0.254 e. The maximum Gasteiger partial charge on any atom is 0.254 e. The molecule has 0 radical (unpaired) electrons. The number of epoxide rings is 1. The Bertz CT molecular complexity index is 487. The van der Waals surface area contributed by atoms with Crippen LogP contribution in [0.5, 0.6) is 0 Å². The monoisotopic (exact) mass is 261 g/mol. The minimum Gasteiger partial charge on any atom is -0.371 e. The first-order valence-corrected chi connectivity index (χ1v) is 6.33. The van der Waals surface area contributed by atoms with Crippen LogP contribution in [0.15, 0.2) is 24.5 Å². The molecule has 0 unspecified atom stereocenters. The van der Waals surface area contributed by atoms with Crippen LogP contribution in [0.4, 0.5) is 0 Å².